The van der Waals surface area contributed by atoms with Crippen LogP contribution in [0.2, 0.25) is 0 Å². The Labute approximate surface area is 211 Å². The van der Waals surface area contributed by atoms with Gasteiger partial charge in [-0.3, -0.25) is 0 Å². The predicted molar refractivity (Wildman–Crippen MR) is 142 cm³/mol. The molecule has 180 valence electrons. The zero-order chi connectivity index (χ0) is 24.3. The molecule has 0 unspecified atom stereocenters. The SMILES string of the molecule is CC1CCN(S(=O)(=O)c2cccc(-c3csc(=Nc4ccccc4)n3Cc3ccccc3)c2)CC1. The minimum Gasteiger partial charge on any atom is -0.312 e. The molecule has 0 saturated carbocycles. The molecule has 0 N–H and O–H groups in total. The van der Waals surface area contributed by atoms with Crippen molar-refractivity contribution in [1.29, 1.82) is 0 Å². The Kier molecular flexibility index (Phi) is 7.00. The van der Waals surface area contributed by atoms with Gasteiger partial charge in [0, 0.05) is 24.0 Å². The Balaban J connectivity index is 1.56. The van der Waals surface area contributed by atoms with Gasteiger partial charge in [-0.2, -0.15) is 4.31 Å². The Morgan fingerprint density at radius 1 is 0.914 bits per heavy atom. The van der Waals surface area contributed by atoms with E-state index in [9.17, 15) is 8.42 Å². The van der Waals surface area contributed by atoms with Crippen molar-refractivity contribution in [3.05, 3.63) is 101 Å². The van der Waals surface area contributed by atoms with Gasteiger partial charge in [0.05, 0.1) is 22.8 Å². The number of thiazole rings is 1. The molecular formula is C28H29N3O2S2. The smallest absolute Gasteiger partial charge is 0.243 e. The van der Waals surface area contributed by atoms with Crippen LogP contribution in [0.15, 0.2) is 100 Å². The van der Waals surface area contributed by atoms with Crippen molar-refractivity contribution >= 4 is 27.0 Å². The fraction of sp³-hybridized carbons (Fsp3) is 0.250. The second-order valence-electron chi connectivity index (χ2n) is 9.04. The monoisotopic (exact) mass is 503 g/mol. The van der Waals surface area contributed by atoms with Crippen molar-refractivity contribution in [2.24, 2.45) is 10.9 Å². The zero-order valence-corrected chi connectivity index (χ0v) is 21.4. The second kappa shape index (κ2) is 10.3. The van der Waals surface area contributed by atoms with Crippen LogP contribution in [-0.4, -0.2) is 30.4 Å². The summed E-state index contributed by atoms with van der Waals surface area (Å²) in [5.41, 5.74) is 3.88. The van der Waals surface area contributed by atoms with Gasteiger partial charge in [0.2, 0.25) is 10.0 Å². The molecule has 1 aromatic heterocycles. The number of aromatic nitrogens is 1. The third-order valence-electron chi connectivity index (χ3n) is 6.47. The molecule has 0 aliphatic carbocycles. The molecule has 0 radical (unpaired) electrons. The largest absolute Gasteiger partial charge is 0.312 e. The van der Waals surface area contributed by atoms with Gasteiger partial charge in [-0.05, 0) is 48.6 Å². The Morgan fingerprint density at radius 3 is 2.31 bits per heavy atom. The number of rotatable bonds is 6. The van der Waals surface area contributed by atoms with Gasteiger partial charge in [0.25, 0.3) is 0 Å². The summed E-state index contributed by atoms with van der Waals surface area (Å²) in [6.45, 7) is 4.00. The van der Waals surface area contributed by atoms with E-state index in [1.807, 2.05) is 66.7 Å². The fourth-order valence-electron chi connectivity index (χ4n) is 4.37. The number of hydrogen-bond donors (Lipinski definition) is 0. The normalized spacial score (nSPS) is 16.0. The highest BCUT2D eigenvalue weighted by atomic mass is 32.2. The summed E-state index contributed by atoms with van der Waals surface area (Å²) in [6.07, 6.45) is 1.82. The highest BCUT2D eigenvalue weighted by Gasteiger charge is 2.28. The maximum atomic E-state index is 13.4. The van der Waals surface area contributed by atoms with Crippen molar-refractivity contribution in [2.45, 2.75) is 31.2 Å². The fourth-order valence-corrected chi connectivity index (χ4v) is 6.82. The van der Waals surface area contributed by atoms with Crippen LogP contribution in [-0.2, 0) is 16.6 Å². The summed E-state index contributed by atoms with van der Waals surface area (Å²) < 4.78 is 30.6. The molecule has 3 aromatic carbocycles. The Morgan fingerprint density at radius 2 is 1.60 bits per heavy atom. The summed E-state index contributed by atoms with van der Waals surface area (Å²) >= 11 is 1.56. The van der Waals surface area contributed by atoms with Gasteiger partial charge in [0.1, 0.15) is 0 Å². The molecular weight excluding hydrogens is 474 g/mol. The Hall–Kier alpha value is -3.00. The average molecular weight is 504 g/mol. The molecule has 4 aromatic rings. The molecule has 5 rings (SSSR count). The second-order valence-corrected chi connectivity index (χ2v) is 11.8. The first-order valence-corrected chi connectivity index (χ1v) is 14.3. The summed E-state index contributed by atoms with van der Waals surface area (Å²) in [4.78, 5) is 6.11. The molecule has 0 atom stereocenters. The average Bonchev–Trinajstić information content (AvgIpc) is 3.27. The van der Waals surface area contributed by atoms with E-state index in [0.717, 1.165) is 40.2 Å². The van der Waals surface area contributed by atoms with Crippen molar-refractivity contribution < 1.29 is 8.42 Å². The lowest BCUT2D eigenvalue weighted by atomic mass is 10.0. The van der Waals surface area contributed by atoms with Crippen LogP contribution in [0.1, 0.15) is 25.3 Å². The molecule has 0 amide bonds. The molecule has 5 nitrogen and oxygen atoms in total. The van der Waals surface area contributed by atoms with E-state index in [1.165, 1.54) is 0 Å². The number of hydrogen-bond acceptors (Lipinski definition) is 4. The first kappa shape index (κ1) is 23.7. The third-order valence-corrected chi connectivity index (χ3v) is 9.23. The van der Waals surface area contributed by atoms with Crippen molar-refractivity contribution in [3.8, 4) is 11.3 Å². The summed E-state index contributed by atoms with van der Waals surface area (Å²) in [5.74, 6) is 0.572. The first-order chi connectivity index (χ1) is 17.0. The van der Waals surface area contributed by atoms with Crippen molar-refractivity contribution in [1.82, 2.24) is 8.87 Å². The van der Waals surface area contributed by atoms with E-state index in [1.54, 1.807) is 21.7 Å². The van der Waals surface area contributed by atoms with Gasteiger partial charge in [-0.1, -0.05) is 67.6 Å². The molecule has 1 aliphatic heterocycles. The van der Waals surface area contributed by atoms with Crippen LogP contribution in [0.3, 0.4) is 0 Å². The zero-order valence-electron chi connectivity index (χ0n) is 19.7. The lowest BCUT2D eigenvalue weighted by Gasteiger charge is -2.29. The van der Waals surface area contributed by atoms with E-state index in [2.05, 4.69) is 29.0 Å². The number of sulfonamides is 1. The lowest BCUT2D eigenvalue weighted by molar-refractivity contribution is 0.288. The van der Waals surface area contributed by atoms with Crippen molar-refractivity contribution in [3.63, 3.8) is 0 Å². The van der Waals surface area contributed by atoms with Crippen LogP contribution in [0.5, 0.6) is 0 Å². The van der Waals surface area contributed by atoms with Crippen LogP contribution >= 0.6 is 11.3 Å². The van der Waals surface area contributed by atoms with Crippen LogP contribution in [0.25, 0.3) is 11.3 Å². The minimum absolute atomic E-state index is 0.351. The number of nitrogens with zero attached hydrogens (tertiary/aromatic N) is 3. The quantitative estimate of drug-likeness (QED) is 0.328. The highest BCUT2D eigenvalue weighted by molar-refractivity contribution is 7.89. The molecule has 2 heterocycles. The van der Waals surface area contributed by atoms with Gasteiger partial charge in [0.15, 0.2) is 4.80 Å². The summed E-state index contributed by atoms with van der Waals surface area (Å²) in [7, 11) is -3.53. The summed E-state index contributed by atoms with van der Waals surface area (Å²) in [5, 5.41) is 2.07. The van der Waals surface area contributed by atoms with E-state index in [4.69, 9.17) is 4.99 Å². The summed E-state index contributed by atoms with van der Waals surface area (Å²) in [6, 6.07) is 27.5. The van der Waals surface area contributed by atoms with Crippen LogP contribution < -0.4 is 4.80 Å². The predicted octanol–water partition coefficient (Wildman–Crippen LogP) is 5.92. The van der Waals surface area contributed by atoms with Gasteiger partial charge >= 0.3 is 0 Å². The molecule has 35 heavy (non-hydrogen) atoms. The van der Waals surface area contributed by atoms with E-state index in [-0.39, 0.29) is 0 Å². The maximum absolute atomic E-state index is 13.4. The number of benzene rings is 3. The minimum atomic E-state index is -3.53. The van der Waals surface area contributed by atoms with Crippen LogP contribution in [0, 0.1) is 5.92 Å². The highest BCUT2D eigenvalue weighted by Crippen LogP contribution is 2.28. The number of piperidine rings is 1. The number of para-hydroxylation sites is 1. The van der Waals surface area contributed by atoms with E-state index >= 15 is 0 Å². The Bertz CT molecular complexity index is 1450. The molecule has 1 saturated heterocycles. The van der Waals surface area contributed by atoms with Crippen LogP contribution in [0.4, 0.5) is 5.69 Å². The molecule has 1 aliphatic rings. The molecule has 0 spiro atoms. The third kappa shape index (κ3) is 5.32. The standard InChI is InChI=1S/C28H29N3O2S2/c1-22-15-17-30(18-16-22)35(32,33)26-14-8-11-24(19-26)27-21-34-28(29-25-12-6-3-7-13-25)31(27)20-23-9-4-2-5-10-23/h2-14,19,21-22H,15-18,20H2,1H3. The van der Waals surface area contributed by atoms with Gasteiger partial charge < -0.3 is 4.57 Å². The molecule has 7 heteroatoms. The maximum Gasteiger partial charge on any atom is 0.243 e. The molecule has 1 fully saturated rings. The van der Waals surface area contributed by atoms with Gasteiger partial charge in [-0.15, -0.1) is 11.3 Å². The van der Waals surface area contributed by atoms with E-state index < -0.39 is 10.0 Å². The van der Waals surface area contributed by atoms with Gasteiger partial charge in [-0.25, -0.2) is 13.4 Å². The van der Waals surface area contributed by atoms with E-state index in [0.29, 0.717) is 30.4 Å². The lowest BCUT2D eigenvalue weighted by Crippen LogP contribution is -2.37. The van der Waals surface area contributed by atoms with Crippen molar-refractivity contribution in [2.75, 3.05) is 13.1 Å². The molecule has 0 bridgehead atoms. The first-order valence-electron chi connectivity index (χ1n) is 11.9. The topological polar surface area (TPSA) is 54.7 Å².